The lowest BCUT2D eigenvalue weighted by molar-refractivity contribution is 0.607. The van der Waals surface area contributed by atoms with Crippen LogP contribution in [0.15, 0.2) is 23.6 Å². The number of aromatic nitrogens is 1. The van der Waals surface area contributed by atoms with Gasteiger partial charge in [0.2, 0.25) is 10.0 Å². The fourth-order valence-corrected chi connectivity index (χ4v) is 3.02. The van der Waals surface area contributed by atoms with Crippen LogP contribution in [0.4, 0.5) is 9.52 Å². The SMILES string of the molecule is CS(=O)(=O)Nc1nc(-c2ccc(F)c(Cl)c2)cs1. The number of hydrogen-bond acceptors (Lipinski definition) is 4. The second-order valence-corrected chi connectivity index (χ2v) is 6.55. The van der Waals surface area contributed by atoms with Gasteiger partial charge in [0.05, 0.1) is 17.0 Å². The van der Waals surface area contributed by atoms with Gasteiger partial charge in [-0.2, -0.15) is 0 Å². The highest BCUT2D eigenvalue weighted by atomic mass is 35.5. The lowest BCUT2D eigenvalue weighted by Crippen LogP contribution is -2.09. The summed E-state index contributed by atoms with van der Waals surface area (Å²) in [5.41, 5.74) is 1.16. The first kappa shape index (κ1) is 13.3. The van der Waals surface area contributed by atoms with Crippen molar-refractivity contribution in [2.45, 2.75) is 0 Å². The maximum Gasteiger partial charge on any atom is 0.231 e. The molecule has 0 saturated heterocycles. The molecule has 0 fully saturated rings. The van der Waals surface area contributed by atoms with Gasteiger partial charge in [-0.25, -0.2) is 17.8 Å². The molecule has 2 aromatic rings. The number of halogens is 2. The molecule has 96 valence electrons. The highest BCUT2D eigenvalue weighted by Gasteiger charge is 2.09. The molecule has 0 bridgehead atoms. The van der Waals surface area contributed by atoms with Crippen LogP contribution in [-0.4, -0.2) is 19.7 Å². The summed E-state index contributed by atoms with van der Waals surface area (Å²) in [6, 6.07) is 4.21. The van der Waals surface area contributed by atoms with E-state index in [1.807, 2.05) is 0 Å². The maximum absolute atomic E-state index is 13.0. The van der Waals surface area contributed by atoms with Gasteiger partial charge in [-0.05, 0) is 18.2 Å². The number of nitrogens with zero attached hydrogens (tertiary/aromatic N) is 1. The molecule has 4 nitrogen and oxygen atoms in total. The molecule has 18 heavy (non-hydrogen) atoms. The van der Waals surface area contributed by atoms with E-state index in [0.717, 1.165) is 17.6 Å². The van der Waals surface area contributed by atoms with Crippen LogP contribution < -0.4 is 4.72 Å². The standard InChI is InChI=1S/C10H8ClFN2O2S2/c1-18(15,16)14-10-13-9(5-17-10)6-2-3-8(12)7(11)4-6/h2-5H,1H3,(H,13,14). The van der Waals surface area contributed by atoms with E-state index in [9.17, 15) is 12.8 Å². The van der Waals surface area contributed by atoms with Crippen molar-refractivity contribution < 1.29 is 12.8 Å². The lowest BCUT2D eigenvalue weighted by Gasteiger charge is -1.99. The van der Waals surface area contributed by atoms with Gasteiger partial charge in [0, 0.05) is 10.9 Å². The summed E-state index contributed by atoms with van der Waals surface area (Å²) >= 11 is 6.81. The molecule has 1 aromatic carbocycles. The first-order chi connectivity index (χ1) is 8.35. The van der Waals surface area contributed by atoms with E-state index in [2.05, 4.69) is 9.71 Å². The summed E-state index contributed by atoms with van der Waals surface area (Å²) in [7, 11) is -3.35. The zero-order valence-electron chi connectivity index (χ0n) is 9.15. The zero-order chi connectivity index (χ0) is 13.3. The second kappa shape index (κ2) is 4.83. The average Bonchev–Trinajstić information content (AvgIpc) is 2.68. The van der Waals surface area contributed by atoms with E-state index in [1.165, 1.54) is 18.2 Å². The molecule has 0 unspecified atom stereocenters. The number of sulfonamides is 1. The minimum atomic E-state index is -3.35. The quantitative estimate of drug-likeness (QED) is 0.948. The minimum Gasteiger partial charge on any atom is -0.259 e. The lowest BCUT2D eigenvalue weighted by atomic mass is 10.2. The van der Waals surface area contributed by atoms with Crippen LogP contribution in [-0.2, 0) is 10.0 Å². The van der Waals surface area contributed by atoms with Crippen LogP contribution in [0.25, 0.3) is 11.3 Å². The molecule has 0 radical (unpaired) electrons. The Kier molecular flexibility index (Phi) is 3.56. The third-order valence-electron chi connectivity index (χ3n) is 1.99. The van der Waals surface area contributed by atoms with Gasteiger partial charge in [0.1, 0.15) is 5.82 Å². The molecular formula is C10H8ClFN2O2S2. The third-order valence-corrected chi connectivity index (χ3v) is 3.73. The summed E-state index contributed by atoms with van der Waals surface area (Å²) in [5.74, 6) is -0.509. The van der Waals surface area contributed by atoms with Crippen LogP contribution in [0.5, 0.6) is 0 Å². The van der Waals surface area contributed by atoms with Gasteiger partial charge in [-0.1, -0.05) is 11.6 Å². The number of hydrogen-bond donors (Lipinski definition) is 1. The van der Waals surface area contributed by atoms with Crippen molar-refractivity contribution in [3.63, 3.8) is 0 Å². The van der Waals surface area contributed by atoms with E-state index in [-0.39, 0.29) is 10.2 Å². The minimum absolute atomic E-state index is 0.00174. The Hall–Kier alpha value is -1.18. The van der Waals surface area contributed by atoms with E-state index in [0.29, 0.717) is 11.3 Å². The van der Waals surface area contributed by atoms with Crippen LogP contribution in [0.3, 0.4) is 0 Å². The van der Waals surface area contributed by atoms with Crippen LogP contribution >= 0.6 is 22.9 Å². The Labute approximate surface area is 112 Å². The molecule has 8 heteroatoms. The largest absolute Gasteiger partial charge is 0.259 e. The average molecular weight is 307 g/mol. The van der Waals surface area contributed by atoms with Crippen molar-refractivity contribution in [3.8, 4) is 11.3 Å². The van der Waals surface area contributed by atoms with Crippen molar-refractivity contribution in [3.05, 3.63) is 34.4 Å². The van der Waals surface area contributed by atoms with Crippen molar-refractivity contribution in [1.82, 2.24) is 4.98 Å². The monoisotopic (exact) mass is 306 g/mol. The Morgan fingerprint density at radius 1 is 1.44 bits per heavy atom. The van der Waals surface area contributed by atoms with Gasteiger partial charge in [-0.15, -0.1) is 11.3 Å². The van der Waals surface area contributed by atoms with Crippen LogP contribution in [0, 0.1) is 5.82 Å². The van der Waals surface area contributed by atoms with Gasteiger partial charge in [0.25, 0.3) is 0 Å². The number of rotatable bonds is 3. The Morgan fingerprint density at radius 2 is 2.17 bits per heavy atom. The Bertz CT molecular complexity index is 685. The molecule has 1 heterocycles. The summed E-state index contributed by atoms with van der Waals surface area (Å²) in [6.07, 6.45) is 1.04. The van der Waals surface area contributed by atoms with Crippen LogP contribution in [0.1, 0.15) is 0 Å². The molecule has 2 rings (SSSR count). The fraction of sp³-hybridized carbons (Fsp3) is 0.100. The first-order valence-corrected chi connectivity index (χ1v) is 7.89. The van der Waals surface area contributed by atoms with Gasteiger partial charge < -0.3 is 0 Å². The normalized spacial score (nSPS) is 11.5. The maximum atomic E-state index is 13.0. The van der Waals surface area contributed by atoms with E-state index in [4.69, 9.17) is 11.6 Å². The highest BCUT2D eigenvalue weighted by molar-refractivity contribution is 7.92. The molecular weight excluding hydrogens is 299 g/mol. The predicted octanol–water partition coefficient (Wildman–Crippen LogP) is 2.97. The number of benzene rings is 1. The molecule has 0 aliphatic rings. The molecule has 0 amide bonds. The zero-order valence-corrected chi connectivity index (χ0v) is 11.5. The van der Waals surface area contributed by atoms with E-state index < -0.39 is 15.8 Å². The topological polar surface area (TPSA) is 59.1 Å². The number of thiazole rings is 1. The van der Waals surface area contributed by atoms with Gasteiger partial charge in [0.15, 0.2) is 5.13 Å². The molecule has 0 saturated carbocycles. The molecule has 0 atom stereocenters. The molecule has 0 aliphatic carbocycles. The molecule has 1 N–H and O–H groups in total. The van der Waals surface area contributed by atoms with E-state index in [1.54, 1.807) is 5.38 Å². The second-order valence-electron chi connectivity index (χ2n) is 3.54. The molecule has 1 aromatic heterocycles. The van der Waals surface area contributed by atoms with Crippen molar-refractivity contribution in [1.29, 1.82) is 0 Å². The summed E-state index contributed by atoms with van der Waals surface area (Å²) in [6.45, 7) is 0. The molecule has 0 spiro atoms. The van der Waals surface area contributed by atoms with Crippen molar-refractivity contribution >= 4 is 38.1 Å². The van der Waals surface area contributed by atoms with Crippen molar-refractivity contribution in [2.24, 2.45) is 0 Å². The number of nitrogens with one attached hydrogen (secondary N) is 1. The Balaban J connectivity index is 2.32. The number of anilines is 1. The summed E-state index contributed by atoms with van der Waals surface area (Å²) in [4.78, 5) is 4.08. The smallest absolute Gasteiger partial charge is 0.231 e. The van der Waals surface area contributed by atoms with Crippen LogP contribution in [0.2, 0.25) is 5.02 Å². The van der Waals surface area contributed by atoms with Crippen molar-refractivity contribution in [2.75, 3.05) is 11.0 Å². The fourth-order valence-electron chi connectivity index (χ4n) is 1.27. The summed E-state index contributed by atoms with van der Waals surface area (Å²) < 4.78 is 37.3. The van der Waals surface area contributed by atoms with Gasteiger partial charge >= 0.3 is 0 Å². The molecule has 0 aliphatic heterocycles. The summed E-state index contributed by atoms with van der Waals surface area (Å²) in [5, 5.41) is 1.92. The third kappa shape index (κ3) is 3.18. The van der Waals surface area contributed by atoms with E-state index >= 15 is 0 Å². The van der Waals surface area contributed by atoms with Gasteiger partial charge in [-0.3, -0.25) is 4.72 Å². The highest BCUT2D eigenvalue weighted by Crippen LogP contribution is 2.28. The first-order valence-electron chi connectivity index (χ1n) is 4.74. The predicted molar refractivity (Wildman–Crippen MR) is 71.0 cm³/mol. The Morgan fingerprint density at radius 3 is 2.78 bits per heavy atom.